The molecule has 1 atom stereocenters. The Kier molecular flexibility index (Phi) is 7.62. The first-order valence-electron chi connectivity index (χ1n) is 12.3. The molecule has 35 heavy (non-hydrogen) atoms. The van der Waals surface area contributed by atoms with E-state index in [0.29, 0.717) is 23.7 Å². The van der Waals surface area contributed by atoms with Gasteiger partial charge in [-0.3, -0.25) is 9.59 Å². The zero-order valence-electron chi connectivity index (χ0n) is 20.6. The van der Waals surface area contributed by atoms with Crippen LogP contribution in [0.3, 0.4) is 0 Å². The predicted octanol–water partition coefficient (Wildman–Crippen LogP) is 3.82. The molecule has 2 fully saturated rings. The summed E-state index contributed by atoms with van der Waals surface area (Å²) in [5.41, 5.74) is 3.55. The average molecular weight is 499 g/mol. The molecular weight excluding hydrogens is 464 g/mol. The molecule has 1 aliphatic carbocycles. The standard InChI is InChI=1S/C27H34N2O5S/c1-18-15-19(2)26(20(3)16-18)35(32,33)29-13-11-23(12-14-29)27(31)34-17-24(30)28-25(22-9-10-22)21-7-5-4-6-8-21/h4-8,15-16,22-23,25H,9-14,17H2,1-3H3,(H,28,30). The van der Waals surface area contributed by atoms with Gasteiger partial charge in [-0.25, -0.2) is 8.42 Å². The molecule has 1 saturated heterocycles. The van der Waals surface area contributed by atoms with Crippen LogP contribution in [0.1, 0.15) is 54.0 Å². The molecule has 0 spiro atoms. The minimum absolute atomic E-state index is 0.0652. The first-order valence-corrected chi connectivity index (χ1v) is 13.7. The van der Waals surface area contributed by atoms with Crippen molar-refractivity contribution in [1.82, 2.24) is 9.62 Å². The highest BCUT2D eigenvalue weighted by molar-refractivity contribution is 7.89. The van der Waals surface area contributed by atoms with E-state index in [1.54, 1.807) is 0 Å². The summed E-state index contributed by atoms with van der Waals surface area (Å²) in [5.74, 6) is -0.751. The number of ether oxygens (including phenoxy) is 1. The number of hydrogen-bond acceptors (Lipinski definition) is 5. The lowest BCUT2D eigenvalue weighted by molar-refractivity contribution is -0.153. The molecule has 188 valence electrons. The van der Waals surface area contributed by atoms with E-state index in [0.717, 1.165) is 35.1 Å². The van der Waals surface area contributed by atoms with Crippen LogP contribution in [0.4, 0.5) is 0 Å². The van der Waals surface area contributed by atoms with Crippen molar-refractivity contribution in [2.24, 2.45) is 11.8 Å². The lowest BCUT2D eigenvalue weighted by atomic mass is 9.98. The molecule has 2 aromatic rings. The summed E-state index contributed by atoms with van der Waals surface area (Å²) in [6.45, 7) is 5.75. The second kappa shape index (κ2) is 10.5. The van der Waals surface area contributed by atoms with Gasteiger partial charge in [0.15, 0.2) is 6.61 Å². The Balaban J connectivity index is 1.29. The van der Waals surface area contributed by atoms with Crippen molar-refractivity contribution in [2.45, 2.75) is 57.4 Å². The number of esters is 1. The van der Waals surface area contributed by atoms with E-state index < -0.39 is 21.9 Å². The second-order valence-electron chi connectivity index (χ2n) is 9.81. The minimum atomic E-state index is -3.64. The van der Waals surface area contributed by atoms with Crippen LogP contribution < -0.4 is 5.32 Å². The Labute approximate surface area is 207 Å². The van der Waals surface area contributed by atoms with Gasteiger partial charge in [0.1, 0.15) is 0 Å². The molecule has 1 N–H and O–H groups in total. The van der Waals surface area contributed by atoms with Gasteiger partial charge in [0, 0.05) is 13.1 Å². The summed E-state index contributed by atoms with van der Waals surface area (Å²) in [7, 11) is -3.64. The van der Waals surface area contributed by atoms with Crippen molar-refractivity contribution in [2.75, 3.05) is 19.7 Å². The number of nitrogens with zero attached hydrogens (tertiary/aromatic N) is 1. The third kappa shape index (κ3) is 5.93. The fraction of sp³-hybridized carbons (Fsp3) is 0.481. The smallest absolute Gasteiger partial charge is 0.309 e. The molecule has 2 aliphatic rings. The molecule has 8 heteroatoms. The van der Waals surface area contributed by atoms with Crippen molar-refractivity contribution in [1.29, 1.82) is 0 Å². The molecule has 4 rings (SSSR count). The van der Waals surface area contributed by atoms with Gasteiger partial charge >= 0.3 is 5.97 Å². The third-order valence-corrected chi connectivity index (χ3v) is 9.11. The van der Waals surface area contributed by atoms with E-state index in [1.165, 1.54) is 4.31 Å². The number of rotatable bonds is 8. The van der Waals surface area contributed by atoms with Crippen LogP contribution >= 0.6 is 0 Å². The summed E-state index contributed by atoms with van der Waals surface area (Å²) < 4.78 is 33.3. The van der Waals surface area contributed by atoms with Crippen LogP contribution in [0, 0.1) is 32.6 Å². The van der Waals surface area contributed by atoms with Gasteiger partial charge in [0.25, 0.3) is 5.91 Å². The lowest BCUT2D eigenvalue weighted by Crippen LogP contribution is -2.41. The molecule has 2 aromatic carbocycles. The maximum atomic E-state index is 13.3. The van der Waals surface area contributed by atoms with Crippen LogP contribution in [0.2, 0.25) is 0 Å². The highest BCUT2D eigenvalue weighted by atomic mass is 32.2. The molecule has 0 radical (unpaired) electrons. The van der Waals surface area contributed by atoms with Crippen molar-refractivity contribution in [3.05, 3.63) is 64.7 Å². The fourth-order valence-electron chi connectivity index (χ4n) is 5.07. The van der Waals surface area contributed by atoms with E-state index in [4.69, 9.17) is 4.74 Å². The molecule has 1 aliphatic heterocycles. The Morgan fingerprint density at radius 3 is 2.17 bits per heavy atom. The number of carbonyl (C=O) groups is 2. The maximum absolute atomic E-state index is 13.3. The van der Waals surface area contributed by atoms with Crippen molar-refractivity contribution < 1.29 is 22.7 Å². The molecule has 7 nitrogen and oxygen atoms in total. The van der Waals surface area contributed by atoms with Gasteiger partial charge in [-0.05, 0) is 69.1 Å². The zero-order valence-corrected chi connectivity index (χ0v) is 21.4. The number of sulfonamides is 1. The van der Waals surface area contributed by atoms with Crippen molar-refractivity contribution >= 4 is 21.9 Å². The number of piperidine rings is 1. The summed E-state index contributed by atoms with van der Waals surface area (Å²) in [4.78, 5) is 25.5. The van der Waals surface area contributed by atoms with Crippen LogP contribution in [0.25, 0.3) is 0 Å². The third-order valence-electron chi connectivity index (χ3n) is 6.90. The fourth-order valence-corrected chi connectivity index (χ4v) is 6.95. The highest BCUT2D eigenvalue weighted by Crippen LogP contribution is 2.40. The largest absolute Gasteiger partial charge is 0.455 e. The molecule has 1 unspecified atom stereocenters. The monoisotopic (exact) mass is 498 g/mol. The van der Waals surface area contributed by atoms with Gasteiger partial charge in [-0.1, -0.05) is 48.0 Å². The van der Waals surface area contributed by atoms with Gasteiger partial charge in [-0.15, -0.1) is 0 Å². The Morgan fingerprint density at radius 2 is 1.60 bits per heavy atom. The molecular formula is C27H34N2O5S. The topological polar surface area (TPSA) is 92.8 Å². The molecule has 0 aromatic heterocycles. The van der Waals surface area contributed by atoms with E-state index in [1.807, 2.05) is 63.2 Å². The van der Waals surface area contributed by atoms with Crippen molar-refractivity contribution in [3.63, 3.8) is 0 Å². The van der Waals surface area contributed by atoms with E-state index >= 15 is 0 Å². The van der Waals surface area contributed by atoms with Gasteiger partial charge < -0.3 is 10.1 Å². The normalized spacial score (nSPS) is 18.1. The number of benzene rings is 2. The van der Waals surface area contributed by atoms with Crippen LogP contribution in [-0.4, -0.2) is 44.3 Å². The van der Waals surface area contributed by atoms with Gasteiger partial charge in [-0.2, -0.15) is 4.31 Å². The van der Waals surface area contributed by atoms with Crippen LogP contribution in [-0.2, 0) is 24.3 Å². The Bertz CT molecular complexity index is 1160. The summed E-state index contributed by atoms with van der Waals surface area (Å²) >= 11 is 0. The first-order chi connectivity index (χ1) is 16.7. The Hall–Kier alpha value is -2.71. The van der Waals surface area contributed by atoms with Gasteiger partial charge in [0.05, 0.1) is 16.9 Å². The summed E-state index contributed by atoms with van der Waals surface area (Å²) in [5, 5.41) is 3.01. The van der Waals surface area contributed by atoms with E-state index in [2.05, 4.69) is 5.32 Å². The number of carbonyl (C=O) groups excluding carboxylic acids is 2. The Morgan fingerprint density at radius 1 is 1.00 bits per heavy atom. The zero-order chi connectivity index (χ0) is 25.2. The molecule has 1 saturated carbocycles. The molecule has 1 heterocycles. The maximum Gasteiger partial charge on any atom is 0.309 e. The molecule has 0 bridgehead atoms. The number of aryl methyl sites for hydroxylation is 3. The van der Waals surface area contributed by atoms with E-state index in [-0.39, 0.29) is 31.6 Å². The summed E-state index contributed by atoms with van der Waals surface area (Å²) in [6, 6.07) is 13.5. The average Bonchev–Trinajstić information content (AvgIpc) is 3.66. The van der Waals surface area contributed by atoms with Crippen molar-refractivity contribution in [3.8, 4) is 0 Å². The van der Waals surface area contributed by atoms with Crippen LogP contribution in [0.5, 0.6) is 0 Å². The SMILES string of the molecule is Cc1cc(C)c(S(=O)(=O)N2CCC(C(=O)OCC(=O)NC(c3ccccc3)C3CC3)CC2)c(C)c1. The van der Waals surface area contributed by atoms with Crippen LogP contribution in [0.15, 0.2) is 47.4 Å². The quantitative estimate of drug-likeness (QED) is 0.559. The lowest BCUT2D eigenvalue weighted by Gasteiger charge is -2.31. The number of hydrogen-bond donors (Lipinski definition) is 1. The minimum Gasteiger partial charge on any atom is -0.455 e. The first kappa shape index (κ1) is 25.4. The second-order valence-corrected chi connectivity index (χ2v) is 11.7. The highest BCUT2D eigenvalue weighted by Gasteiger charge is 2.35. The number of nitrogens with one attached hydrogen (secondary N) is 1. The number of amides is 1. The summed E-state index contributed by atoms with van der Waals surface area (Å²) in [6.07, 6.45) is 2.89. The van der Waals surface area contributed by atoms with E-state index in [9.17, 15) is 18.0 Å². The molecule has 1 amide bonds. The van der Waals surface area contributed by atoms with Gasteiger partial charge in [0.2, 0.25) is 10.0 Å². The predicted molar refractivity (Wildman–Crippen MR) is 133 cm³/mol.